The van der Waals surface area contributed by atoms with Gasteiger partial charge in [-0.2, -0.15) is 4.39 Å². The zero-order valence-corrected chi connectivity index (χ0v) is 7.72. The summed E-state index contributed by atoms with van der Waals surface area (Å²) in [6.07, 6.45) is 0. The van der Waals surface area contributed by atoms with Crippen LogP contribution in [0.3, 0.4) is 0 Å². The summed E-state index contributed by atoms with van der Waals surface area (Å²) < 4.78 is 35.4. The number of anilines is 1. The van der Waals surface area contributed by atoms with Gasteiger partial charge in [-0.25, -0.2) is 4.39 Å². The van der Waals surface area contributed by atoms with Gasteiger partial charge in [0.2, 0.25) is 5.82 Å². The van der Waals surface area contributed by atoms with Gasteiger partial charge in [0.05, 0.1) is 6.61 Å². The molecule has 0 aliphatic carbocycles. The number of benzene rings is 1. The van der Waals surface area contributed by atoms with Crippen LogP contribution in [-0.4, -0.2) is 20.3 Å². The van der Waals surface area contributed by atoms with Crippen molar-refractivity contribution in [2.75, 3.05) is 26.1 Å². The molecule has 0 saturated heterocycles. The first-order valence-electron chi connectivity index (χ1n) is 4.01. The maximum Gasteiger partial charge on any atom is 0.200 e. The SMILES string of the molecule is COCCOc1cc(N)cc(F)c1F. The molecule has 0 unspecified atom stereocenters. The average Bonchev–Trinajstić information content (AvgIpc) is 2.13. The van der Waals surface area contributed by atoms with Crippen LogP contribution in [0.15, 0.2) is 12.1 Å². The van der Waals surface area contributed by atoms with Crippen LogP contribution in [0.25, 0.3) is 0 Å². The lowest BCUT2D eigenvalue weighted by molar-refractivity contribution is 0.143. The van der Waals surface area contributed by atoms with E-state index in [9.17, 15) is 8.78 Å². The van der Waals surface area contributed by atoms with Gasteiger partial charge in [-0.3, -0.25) is 0 Å². The molecule has 1 aromatic carbocycles. The van der Waals surface area contributed by atoms with E-state index < -0.39 is 11.6 Å². The Balaban J connectivity index is 2.75. The Bertz CT molecular complexity index is 318. The monoisotopic (exact) mass is 203 g/mol. The molecule has 0 aliphatic heterocycles. The summed E-state index contributed by atoms with van der Waals surface area (Å²) in [5.74, 6) is -2.24. The molecule has 0 spiro atoms. The number of hydrogen-bond acceptors (Lipinski definition) is 3. The van der Waals surface area contributed by atoms with E-state index in [-0.39, 0.29) is 18.0 Å². The minimum atomic E-state index is -1.03. The molecule has 0 aliphatic rings. The van der Waals surface area contributed by atoms with E-state index in [1.165, 1.54) is 13.2 Å². The van der Waals surface area contributed by atoms with Gasteiger partial charge in [0, 0.05) is 24.9 Å². The molecule has 1 rings (SSSR count). The van der Waals surface area contributed by atoms with Gasteiger partial charge in [-0.15, -0.1) is 0 Å². The Morgan fingerprint density at radius 2 is 2.00 bits per heavy atom. The molecular weight excluding hydrogens is 192 g/mol. The number of halogens is 2. The molecule has 0 saturated carbocycles. The fourth-order valence-electron chi connectivity index (χ4n) is 0.924. The summed E-state index contributed by atoms with van der Waals surface area (Å²) in [5, 5.41) is 0. The first-order chi connectivity index (χ1) is 6.65. The number of methoxy groups -OCH3 is 1. The predicted molar refractivity (Wildman–Crippen MR) is 48.1 cm³/mol. The summed E-state index contributed by atoms with van der Waals surface area (Å²) in [7, 11) is 1.49. The molecule has 3 nitrogen and oxygen atoms in total. The Morgan fingerprint density at radius 1 is 1.29 bits per heavy atom. The zero-order valence-electron chi connectivity index (χ0n) is 7.72. The average molecular weight is 203 g/mol. The second-order valence-electron chi connectivity index (χ2n) is 2.66. The number of hydrogen-bond donors (Lipinski definition) is 1. The third kappa shape index (κ3) is 2.56. The third-order valence-electron chi connectivity index (χ3n) is 1.56. The second-order valence-corrected chi connectivity index (χ2v) is 2.66. The van der Waals surface area contributed by atoms with Crippen molar-refractivity contribution in [1.82, 2.24) is 0 Å². The quantitative estimate of drug-likeness (QED) is 0.596. The van der Waals surface area contributed by atoms with E-state index in [0.29, 0.717) is 6.61 Å². The van der Waals surface area contributed by atoms with Gasteiger partial charge >= 0.3 is 0 Å². The van der Waals surface area contributed by atoms with E-state index in [0.717, 1.165) is 6.07 Å². The van der Waals surface area contributed by atoms with Crippen molar-refractivity contribution in [2.24, 2.45) is 0 Å². The number of rotatable bonds is 4. The van der Waals surface area contributed by atoms with Gasteiger partial charge in [-0.1, -0.05) is 0 Å². The highest BCUT2D eigenvalue weighted by Crippen LogP contribution is 2.23. The Labute approximate surface area is 80.4 Å². The van der Waals surface area contributed by atoms with Crippen molar-refractivity contribution in [2.45, 2.75) is 0 Å². The number of ether oxygens (including phenoxy) is 2. The molecule has 1 aromatic rings. The standard InChI is InChI=1S/C9H11F2NO2/c1-13-2-3-14-8-5-6(12)4-7(10)9(8)11/h4-5H,2-3,12H2,1H3. The lowest BCUT2D eigenvalue weighted by Crippen LogP contribution is -2.06. The molecule has 5 heteroatoms. The van der Waals surface area contributed by atoms with Crippen LogP contribution in [-0.2, 0) is 4.74 Å². The fraction of sp³-hybridized carbons (Fsp3) is 0.333. The highest BCUT2D eigenvalue weighted by Gasteiger charge is 2.10. The lowest BCUT2D eigenvalue weighted by Gasteiger charge is -2.07. The first-order valence-corrected chi connectivity index (χ1v) is 4.01. The van der Waals surface area contributed by atoms with E-state index in [2.05, 4.69) is 0 Å². The van der Waals surface area contributed by atoms with Crippen LogP contribution in [0.5, 0.6) is 5.75 Å². The summed E-state index contributed by atoms with van der Waals surface area (Å²) in [5.41, 5.74) is 5.44. The maximum atomic E-state index is 13.0. The van der Waals surface area contributed by atoms with Crippen molar-refractivity contribution < 1.29 is 18.3 Å². The van der Waals surface area contributed by atoms with E-state index >= 15 is 0 Å². The summed E-state index contributed by atoms with van der Waals surface area (Å²) in [6, 6.07) is 2.13. The van der Waals surface area contributed by atoms with Crippen molar-refractivity contribution in [3.05, 3.63) is 23.8 Å². The van der Waals surface area contributed by atoms with E-state index in [1.807, 2.05) is 0 Å². The molecule has 0 fully saturated rings. The van der Waals surface area contributed by atoms with Crippen molar-refractivity contribution >= 4 is 5.69 Å². The minimum absolute atomic E-state index is 0.122. The van der Waals surface area contributed by atoms with Crippen LogP contribution in [0.2, 0.25) is 0 Å². The number of nitrogen functional groups attached to an aromatic ring is 1. The summed E-state index contributed by atoms with van der Waals surface area (Å²) >= 11 is 0. The van der Waals surface area contributed by atoms with E-state index in [1.54, 1.807) is 0 Å². The Kier molecular flexibility index (Phi) is 3.64. The zero-order chi connectivity index (χ0) is 10.6. The van der Waals surface area contributed by atoms with Crippen LogP contribution >= 0.6 is 0 Å². The van der Waals surface area contributed by atoms with Gasteiger partial charge in [0.1, 0.15) is 6.61 Å². The molecule has 14 heavy (non-hydrogen) atoms. The molecule has 0 atom stereocenters. The second kappa shape index (κ2) is 4.76. The third-order valence-corrected chi connectivity index (χ3v) is 1.56. The topological polar surface area (TPSA) is 44.5 Å². The molecule has 78 valence electrons. The van der Waals surface area contributed by atoms with Crippen molar-refractivity contribution in [3.63, 3.8) is 0 Å². The smallest absolute Gasteiger partial charge is 0.200 e. The highest BCUT2D eigenvalue weighted by molar-refractivity contribution is 5.45. The van der Waals surface area contributed by atoms with Crippen molar-refractivity contribution in [1.29, 1.82) is 0 Å². The molecule has 0 amide bonds. The van der Waals surface area contributed by atoms with Crippen LogP contribution in [0.4, 0.5) is 14.5 Å². The van der Waals surface area contributed by atoms with Gasteiger partial charge < -0.3 is 15.2 Å². The van der Waals surface area contributed by atoms with Crippen LogP contribution < -0.4 is 10.5 Å². The fourth-order valence-corrected chi connectivity index (χ4v) is 0.924. The van der Waals surface area contributed by atoms with Gasteiger partial charge in [-0.05, 0) is 0 Å². The molecule has 0 bridgehead atoms. The minimum Gasteiger partial charge on any atom is -0.488 e. The van der Waals surface area contributed by atoms with Crippen LogP contribution in [0, 0.1) is 11.6 Å². The van der Waals surface area contributed by atoms with Gasteiger partial charge in [0.25, 0.3) is 0 Å². The molecule has 0 heterocycles. The summed E-state index contributed by atoms with van der Waals surface area (Å²) in [4.78, 5) is 0. The van der Waals surface area contributed by atoms with Crippen molar-refractivity contribution in [3.8, 4) is 5.75 Å². The lowest BCUT2D eigenvalue weighted by atomic mass is 10.3. The van der Waals surface area contributed by atoms with Crippen LogP contribution in [0.1, 0.15) is 0 Å². The summed E-state index contributed by atoms with van der Waals surface area (Å²) in [6.45, 7) is 0.451. The Hall–Kier alpha value is -1.36. The van der Waals surface area contributed by atoms with E-state index in [4.69, 9.17) is 15.2 Å². The molecule has 2 N–H and O–H groups in total. The maximum absolute atomic E-state index is 13.0. The largest absolute Gasteiger partial charge is 0.488 e. The molecule has 0 aromatic heterocycles. The molecular formula is C9H11F2NO2. The number of nitrogens with two attached hydrogens (primary N) is 1. The normalized spacial score (nSPS) is 10.2. The highest BCUT2D eigenvalue weighted by atomic mass is 19.2. The predicted octanol–water partition coefficient (Wildman–Crippen LogP) is 1.57. The first kappa shape index (κ1) is 10.7. The molecule has 0 radical (unpaired) electrons. The van der Waals surface area contributed by atoms with Gasteiger partial charge in [0.15, 0.2) is 11.6 Å². The Morgan fingerprint density at radius 3 is 2.64 bits per heavy atom.